The van der Waals surface area contributed by atoms with Gasteiger partial charge in [0.05, 0.1) is 6.10 Å². The molecule has 0 bridgehead atoms. The molecule has 1 amide bonds. The number of carbonyl (C=O) groups excluding carboxylic acids is 1. The highest BCUT2D eigenvalue weighted by Gasteiger charge is 2.31. The van der Waals surface area contributed by atoms with Gasteiger partial charge in [-0.2, -0.15) is 0 Å². The van der Waals surface area contributed by atoms with E-state index in [2.05, 4.69) is 5.32 Å². The number of ether oxygens (including phenoxy) is 2. The Balaban J connectivity index is 1.49. The van der Waals surface area contributed by atoms with Gasteiger partial charge in [-0.1, -0.05) is 6.42 Å². The zero-order chi connectivity index (χ0) is 16.1. The number of hydrogen-bond donors (Lipinski definition) is 2. The first-order chi connectivity index (χ1) is 11.3. The van der Waals surface area contributed by atoms with Gasteiger partial charge in [-0.25, -0.2) is 0 Å². The Kier molecular flexibility index (Phi) is 5.51. The quantitative estimate of drug-likeness (QED) is 0.845. The molecule has 1 aliphatic carbocycles. The average molecular weight is 318 g/mol. The molecule has 5 nitrogen and oxygen atoms in total. The number of hydrogen-bond acceptors (Lipinski definition) is 4. The molecule has 1 heterocycles. The Morgan fingerprint density at radius 1 is 1.22 bits per heavy atom. The Bertz CT molecular complexity index is 512. The topological polar surface area (TPSA) is 73.6 Å². The van der Waals surface area contributed by atoms with Crippen LogP contribution >= 0.6 is 0 Å². The molecular weight excluding hydrogens is 292 g/mol. The average Bonchev–Trinajstić information content (AvgIpc) is 3.25. The summed E-state index contributed by atoms with van der Waals surface area (Å²) < 4.78 is 11.3. The summed E-state index contributed by atoms with van der Waals surface area (Å²) in [5.74, 6) is 1.27. The summed E-state index contributed by atoms with van der Waals surface area (Å²) in [4.78, 5) is 12.4. The number of rotatable bonds is 6. The molecule has 0 radical (unpaired) electrons. The van der Waals surface area contributed by atoms with Crippen molar-refractivity contribution in [1.29, 1.82) is 0 Å². The van der Waals surface area contributed by atoms with Crippen LogP contribution < -0.4 is 15.8 Å². The van der Waals surface area contributed by atoms with Gasteiger partial charge in [-0.15, -0.1) is 0 Å². The third-order valence-electron chi connectivity index (χ3n) is 4.88. The normalized spacial score (nSPS) is 27.1. The maximum absolute atomic E-state index is 12.4. The van der Waals surface area contributed by atoms with Crippen LogP contribution in [0.2, 0.25) is 0 Å². The number of carbonyl (C=O) groups is 1. The van der Waals surface area contributed by atoms with Crippen molar-refractivity contribution < 1.29 is 14.3 Å². The van der Waals surface area contributed by atoms with Gasteiger partial charge in [0.1, 0.15) is 12.4 Å². The lowest BCUT2D eigenvalue weighted by Gasteiger charge is -2.17. The minimum Gasteiger partial charge on any atom is -0.491 e. The van der Waals surface area contributed by atoms with E-state index in [1.807, 2.05) is 24.3 Å². The molecule has 126 valence electrons. The van der Waals surface area contributed by atoms with Crippen molar-refractivity contribution in [2.45, 2.75) is 38.2 Å². The van der Waals surface area contributed by atoms with E-state index in [1.54, 1.807) is 0 Å². The molecule has 1 aromatic carbocycles. The fourth-order valence-corrected chi connectivity index (χ4v) is 3.50. The Morgan fingerprint density at radius 3 is 2.74 bits per heavy atom. The summed E-state index contributed by atoms with van der Waals surface area (Å²) in [5, 5.41) is 3.00. The fourth-order valence-electron chi connectivity index (χ4n) is 3.50. The van der Waals surface area contributed by atoms with Crippen LogP contribution in [0.4, 0.5) is 5.69 Å². The van der Waals surface area contributed by atoms with Gasteiger partial charge in [0.2, 0.25) is 5.91 Å². The summed E-state index contributed by atoms with van der Waals surface area (Å²) >= 11 is 0. The Hall–Kier alpha value is -1.59. The molecule has 1 unspecified atom stereocenters. The summed E-state index contributed by atoms with van der Waals surface area (Å²) in [6.45, 7) is 2.02. The van der Waals surface area contributed by atoms with E-state index in [-0.39, 0.29) is 17.9 Å². The molecular formula is C18H26N2O3. The van der Waals surface area contributed by atoms with Gasteiger partial charge < -0.3 is 20.5 Å². The van der Waals surface area contributed by atoms with Gasteiger partial charge in [0.25, 0.3) is 0 Å². The molecule has 1 aromatic rings. The Morgan fingerprint density at radius 2 is 2.04 bits per heavy atom. The van der Waals surface area contributed by atoms with Gasteiger partial charge in [-0.3, -0.25) is 4.79 Å². The zero-order valence-electron chi connectivity index (χ0n) is 13.5. The third kappa shape index (κ3) is 4.24. The van der Waals surface area contributed by atoms with Crippen molar-refractivity contribution in [2.75, 3.05) is 25.1 Å². The molecule has 0 aromatic heterocycles. The van der Waals surface area contributed by atoms with Gasteiger partial charge in [0, 0.05) is 18.2 Å². The maximum Gasteiger partial charge on any atom is 0.227 e. The largest absolute Gasteiger partial charge is 0.491 e. The number of benzene rings is 1. The lowest BCUT2D eigenvalue weighted by Crippen LogP contribution is -2.29. The fraction of sp³-hybridized carbons (Fsp3) is 0.611. The molecule has 1 saturated carbocycles. The van der Waals surface area contributed by atoms with Crippen molar-refractivity contribution >= 4 is 11.6 Å². The van der Waals surface area contributed by atoms with Crippen LogP contribution in [0, 0.1) is 11.8 Å². The van der Waals surface area contributed by atoms with Gasteiger partial charge in [-0.05, 0) is 62.4 Å². The zero-order valence-corrected chi connectivity index (χ0v) is 13.5. The van der Waals surface area contributed by atoms with E-state index in [0.29, 0.717) is 19.1 Å². The van der Waals surface area contributed by atoms with Gasteiger partial charge >= 0.3 is 0 Å². The number of nitrogens with one attached hydrogen (secondary N) is 1. The second-order valence-electron chi connectivity index (χ2n) is 6.49. The first-order valence-electron chi connectivity index (χ1n) is 8.61. The second kappa shape index (κ2) is 7.79. The molecule has 3 atom stereocenters. The molecule has 2 fully saturated rings. The number of anilines is 1. The van der Waals surface area contributed by atoms with Crippen molar-refractivity contribution in [3.05, 3.63) is 24.3 Å². The molecule has 3 N–H and O–H groups in total. The highest BCUT2D eigenvalue weighted by Crippen LogP contribution is 2.32. The first kappa shape index (κ1) is 16.3. The number of nitrogens with two attached hydrogens (primary N) is 1. The lowest BCUT2D eigenvalue weighted by atomic mass is 9.95. The number of amides is 1. The predicted molar refractivity (Wildman–Crippen MR) is 89.4 cm³/mol. The van der Waals surface area contributed by atoms with Crippen molar-refractivity contribution in [2.24, 2.45) is 17.6 Å². The standard InChI is InChI=1S/C18H26N2O3/c19-11-13-3-1-5-17(13)18(21)20-14-6-8-15(9-7-14)23-12-16-4-2-10-22-16/h6-9,13,16-17H,1-5,10-12,19H2,(H,20,21)/t13-,16?,17-/m1/s1. The lowest BCUT2D eigenvalue weighted by molar-refractivity contribution is -0.120. The van der Waals surface area contributed by atoms with Crippen LogP contribution in [-0.4, -0.2) is 31.8 Å². The van der Waals surface area contributed by atoms with E-state index >= 15 is 0 Å². The van der Waals surface area contributed by atoms with E-state index in [4.69, 9.17) is 15.2 Å². The molecule has 1 saturated heterocycles. The summed E-state index contributed by atoms with van der Waals surface area (Å²) in [6, 6.07) is 7.55. The Labute approximate surface area is 137 Å². The monoisotopic (exact) mass is 318 g/mol. The molecule has 2 aliphatic rings. The highest BCUT2D eigenvalue weighted by atomic mass is 16.5. The minimum atomic E-state index is 0.0513. The SMILES string of the molecule is NC[C@H]1CCC[C@H]1C(=O)Nc1ccc(OCC2CCCO2)cc1. The third-order valence-corrected chi connectivity index (χ3v) is 4.88. The van der Waals surface area contributed by atoms with Crippen molar-refractivity contribution in [1.82, 2.24) is 0 Å². The van der Waals surface area contributed by atoms with E-state index < -0.39 is 0 Å². The first-order valence-corrected chi connectivity index (χ1v) is 8.61. The highest BCUT2D eigenvalue weighted by molar-refractivity contribution is 5.93. The van der Waals surface area contributed by atoms with Crippen molar-refractivity contribution in [3.63, 3.8) is 0 Å². The van der Waals surface area contributed by atoms with Gasteiger partial charge in [0.15, 0.2) is 0 Å². The molecule has 23 heavy (non-hydrogen) atoms. The summed E-state index contributed by atoms with van der Waals surface area (Å²) in [6.07, 6.45) is 5.49. The summed E-state index contributed by atoms with van der Waals surface area (Å²) in [7, 11) is 0. The van der Waals surface area contributed by atoms with Crippen LogP contribution in [0.1, 0.15) is 32.1 Å². The van der Waals surface area contributed by atoms with Crippen LogP contribution in [-0.2, 0) is 9.53 Å². The summed E-state index contributed by atoms with van der Waals surface area (Å²) in [5.41, 5.74) is 6.56. The predicted octanol–water partition coefficient (Wildman–Crippen LogP) is 2.56. The van der Waals surface area contributed by atoms with E-state index in [0.717, 1.165) is 50.1 Å². The second-order valence-corrected chi connectivity index (χ2v) is 6.49. The maximum atomic E-state index is 12.4. The smallest absolute Gasteiger partial charge is 0.227 e. The molecule has 1 aliphatic heterocycles. The molecule has 0 spiro atoms. The minimum absolute atomic E-state index is 0.0513. The van der Waals surface area contributed by atoms with Crippen LogP contribution in [0.25, 0.3) is 0 Å². The van der Waals surface area contributed by atoms with Crippen LogP contribution in [0.3, 0.4) is 0 Å². The van der Waals surface area contributed by atoms with Crippen LogP contribution in [0.15, 0.2) is 24.3 Å². The van der Waals surface area contributed by atoms with E-state index in [9.17, 15) is 4.79 Å². The van der Waals surface area contributed by atoms with Crippen LogP contribution in [0.5, 0.6) is 5.75 Å². The molecule has 3 rings (SSSR count). The van der Waals surface area contributed by atoms with Crippen molar-refractivity contribution in [3.8, 4) is 5.75 Å². The van der Waals surface area contributed by atoms with E-state index in [1.165, 1.54) is 0 Å². The molecule has 5 heteroatoms.